The van der Waals surface area contributed by atoms with Crippen molar-refractivity contribution in [2.75, 3.05) is 39.9 Å². The van der Waals surface area contributed by atoms with Gasteiger partial charge in [-0.2, -0.15) is 5.10 Å². The minimum absolute atomic E-state index is 0.0667. The first-order chi connectivity index (χ1) is 12.0. The van der Waals surface area contributed by atoms with Gasteiger partial charge in [-0.25, -0.2) is 0 Å². The Labute approximate surface area is 152 Å². The Balaban J connectivity index is 1.63. The Morgan fingerprint density at radius 2 is 2.08 bits per heavy atom. The molecule has 138 valence electrons. The maximum absolute atomic E-state index is 12.7. The molecule has 1 spiro atoms. The Morgan fingerprint density at radius 1 is 1.36 bits per heavy atom. The normalized spacial score (nSPS) is 20.4. The van der Waals surface area contributed by atoms with E-state index >= 15 is 0 Å². The van der Waals surface area contributed by atoms with Crippen LogP contribution in [0, 0.1) is 5.41 Å². The van der Waals surface area contributed by atoms with Crippen molar-refractivity contribution in [1.82, 2.24) is 19.6 Å². The minimum atomic E-state index is -0.0667. The van der Waals surface area contributed by atoms with Crippen LogP contribution in [0.2, 0.25) is 5.02 Å². The lowest BCUT2D eigenvalue weighted by Crippen LogP contribution is -2.53. The SMILES string of the molecule is COCCN1CC2(CCC1=O)CCN(C(=O)c1c(Cl)cnn1C)CC2. The summed E-state index contributed by atoms with van der Waals surface area (Å²) in [5.74, 6) is 0.144. The lowest BCUT2D eigenvalue weighted by molar-refractivity contribution is -0.139. The molecule has 2 aliphatic heterocycles. The molecule has 0 bridgehead atoms. The highest BCUT2D eigenvalue weighted by Gasteiger charge is 2.42. The topological polar surface area (TPSA) is 67.7 Å². The van der Waals surface area contributed by atoms with Crippen molar-refractivity contribution in [3.63, 3.8) is 0 Å². The molecule has 2 fully saturated rings. The van der Waals surface area contributed by atoms with Crippen LogP contribution in [0.3, 0.4) is 0 Å². The van der Waals surface area contributed by atoms with Gasteiger partial charge in [0, 0.05) is 46.8 Å². The molecule has 3 rings (SSSR count). The predicted octanol–water partition coefficient (Wildman–Crippen LogP) is 1.56. The molecule has 25 heavy (non-hydrogen) atoms. The van der Waals surface area contributed by atoms with E-state index in [4.69, 9.17) is 16.3 Å². The Bertz CT molecular complexity index is 633. The first kappa shape index (κ1) is 18.2. The van der Waals surface area contributed by atoms with E-state index in [0.717, 1.165) is 25.8 Å². The molecule has 0 unspecified atom stereocenters. The zero-order valence-corrected chi connectivity index (χ0v) is 15.6. The maximum atomic E-state index is 12.7. The number of methoxy groups -OCH3 is 1. The Hall–Kier alpha value is -1.60. The van der Waals surface area contributed by atoms with Crippen LogP contribution in [0.1, 0.15) is 36.2 Å². The summed E-state index contributed by atoms with van der Waals surface area (Å²) in [6.07, 6.45) is 4.81. The van der Waals surface area contributed by atoms with Gasteiger partial charge in [0.2, 0.25) is 5.91 Å². The number of halogens is 1. The smallest absolute Gasteiger partial charge is 0.273 e. The zero-order valence-electron chi connectivity index (χ0n) is 14.8. The van der Waals surface area contributed by atoms with E-state index in [1.807, 2.05) is 9.80 Å². The van der Waals surface area contributed by atoms with Gasteiger partial charge in [0.15, 0.2) is 0 Å². The fourth-order valence-corrected chi connectivity index (χ4v) is 4.15. The molecule has 0 aromatic carbocycles. The molecule has 1 aromatic heterocycles. The summed E-state index contributed by atoms with van der Waals surface area (Å²) in [5.41, 5.74) is 0.562. The number of carbonyl (C=O) groups excluding carboxylic acids is 2. The van der Waals surface area contributed by atoms with Crippen molar-refractivity contribution in [2.45, 2.75) is 25.7 Å². The first-order valence-corrected chi connectivity index (χ1v) is 9.07. The third kappa shape index (κ3) is 3.67. The van der Waals surface area contributed by atoms with Crippen molar-refractivity contribution in [2.24, 2.45) is 12.5 Å². The summed E-state index contributed by atoms with van der Waals surface area (Å²) >= 11 is 6.10. The summed E-state index contributed by atoms with van der Waals surface area (Å²) in [6, 6.07) is 0. The molecule has 0 atom stereocenters. The fraction of sp³-hybridized carbons (Fsp3) is 0.706. The number of likely N-dealkylation sites (tertiary alicyclic amines) is 2. The number of hydrogen-bond donors (Lipinski definition) is 0. The second kappa shape index (κ2) is 7.33. The number of hydrogen-bond acceptors (Lipinski definition) is 4. The summed E-state index contributed by atoms with van der Waals surface area (Å²) < 4.78 is 6.64. The van der Waals surface area contributed by atoms with E-state index in [0.29, 0.717) is 43.4 Å². The van der Waals surface area contributed by atoms with E-state index in [2.05, 4.69) is 5.10 Å². The predicted molar refractivity (Wildman–Crippen MR) is 93.5 cm³/mol. The summed E-state index contributed by atoms with van der Waals surface area (Å²) in [7, 11) is 3.38. The van der Waals surface area contributed by atoms with Crippen LogP contribution < -0.4 is 0 Å². The molecule has 2 aliphatic rings. The van der Waals surface area contributed by atoms with Gasteiger partial charge in [0.1, 0.15) is 5.69 Å². The van der Waals surface area contributed by atoms with Gasteiger partial charge < -0.3 is 14.5 Å². The van der Waals surface area contributed by atoms with Crippen LogP contribution in [-0.4, -0.2) is 71.3 Å². The lowest BCUT2D eigenvalue weighted by atomic mass is 9.72. The maximum Gasteiger partial charge on any atom is 0.273 e. The monoisotopic (exact) mass is 368 g/mol. The summed E-state index contributed by atoms with van der Waals surface area (Å²) in [6.45, 7) is 3.35. The van der Waals surface area contributed by atoms with E-state index in [-0.39, 0.29) is 17.2 Å². The van der Waals surface area contributed by atoms with Gasteiger partial charge in [0.25, 0.3) is 5.91 Å². The van der Waals surface area contributed by atoms with E-state index in [9.17, 15) is 9.59 Å². The van der Waals surface area contributed by atoms with Gasteiger partial charge in [-0.3, -0.25) is 14.3 Å². The minimum Gasteiger partial charge on any atom is -0.383 e. The quantitative estimate of drug-likeness (QED) is 0.809. The number of carbonyl (C=O) groups is 2. The Kier molecular flexibility index (Phi) is 5.34. The van der Waals surface area contributed by atoms with Crippen LogP contribution in [0.25, 0.3) is 0 Å². The molecule has 8 heteroatoms. The van der Waals surface area contributed by atoms with Crippen LogP contribution in [-0.2, 0) is 16.6 Å². The number of nitrogens with zero attached hydrogens (tertiary/aromatic N) is 4. The first-order valence-electron chi connectivity index (χ1n) is 8.69. The number of aryl methyl sites for hydroxylation is 1. The second-order valence-electron chi connectivity index (χ2n) is 7.07. The molecule has 0 radical (unpaired) electrons. The van der Waals surface area contributed by atoms with Gasteiger partial charge in [0.05, 0.1) is 17.8 Å². The number of amides is 2. The average Bonchev–Trinajstić information content (AvgIpc) is 2.94. The van der Waals surface area contributed by atoms with Crippen molar-refractivity contribution in [1.29, 1.82) is 0 Å². The highest BCUT2D eigenvalue weighted by molar-refractivity contribution is 6.33. The van der Waals surface area contributed by atoms with Crippen LogP contribution in [0.4, 0.5) is 0 Å². The molecule has 1 aromatic rings. The van der Waals surface area contributed by atoms with Crippen molar-refractivity contribution in [3.8, 4) is 0 Å². The average molecular weight is 369 g/mol. The van der Waals surface area contributed by atoms with Crippen LogP contribution in [0.5, 0.6) is 0 Å². The summed E-state index contributed by atoms with van der Waals surface area (Å²) in [4.78, 5) is 28.6. The standard InChI is InChI=1S/C17H25ClN4O3/c1-20-15(13(18)11-19-20)16(24)21-7-5-17(6-8-21)4-3-14(23)22(12-17)9-10-25-2/h11H,3-10,12H2,1-2H3. The second-order valence-corrected chi connectivity index (χ2v) is 7.47. The highest BCUT2D eigenvalue weighted by Crippen LogP contribution is 2.40. The largest absolute Gasteiger partial charge is 0.383 e. The molecule has 3 heterocycles. The molecule has 0 saturated carbocycles. The molecule has 2 amide bonds. The Morgan fingerprint density at radius 3 is 2.68 bits per heavy atom. The van der Waals surface area contributed by atoms with Gasteiger partial charge in [-0.05, 0) is 24.7 Å². The summed E-state index contributed by atoms with van der Waals surface area (Å²) in [5, 5.41) is 4.43. The highest BCUT2D eigenvalue weighted by atomic mass is 35.5. The number of rotatable bonds is 4. The van der Waals surface area contributed by atoms with Crippen molar-refractivity contribution < 1.29 is 14.3 Å². The lowest BCUT2D eigenvalue weighted by Gasteiger charge is -2.47. The number of piperidine rings is 2. The zero-order chi connectivity index (χ0) is 18.0. The molecular weight excluding hydrogens is 344 g/mol. The molecule has 0 aliphatic carbocycles. The van der Waals surface area contributed by atoms with E-state index < -0.39 is 0 Å². The van der Waals surface area contributed by atoms with Crippen molar-refractivity contribution in [3.05, 3.63) is 16.9 Å². The van der Waals surface area contributed by atoms with Crippen LogP contribution in [0.15, 0.2) is 6.20 Å². The van der Waals surface area contributed by atoms with Gasteiger partial charge >= 0.3 is 0 Å². The number of aromatic nitrogens is 2. The molecular formula is C17H25ClN4O3. The fourth-order valence-electron chi connectivity index (χ4n) is 3.90. The van der Waals surface area contributed by atoms with Gasteiger partial charge in [-0.1, -0.05) is 11.6 Å². The van der Waals surface area contributed by atoms with E-state index in [1.54, 1.807) is 14.2 Å². The molecule has 0 N–H and O–H groups in total. The van der Waals surface area contributed by atoms with Crippen molar-refractivity contribution >= 4 is 23.4 Å². The van der Waals surface area contributed by atoms with Gasteiger partial charge in [-0.15, -0.1) is 0 Å². The number of ether oxygens (including phenoxy) is 1. The molecule has 2 saturated heterocycles. The van der Waals surface area contributed by atoms with Crippen LogP contribution >= 0.6 is 11.6 Å². The third-order valence-electron chi connectivity index (χ3n) is 5.52. The van der Waals surface area contributed by atoms with E-state index in [1.165, 1.54) is 10.9 Å². The third-order valence-corrected chi connectivity index (χ3v) is 5.80. The molecule has 7 nitrogen and oxygen atoms in total.